The van der Waals surface area contributed by atoms with Crippen LogP contribution >= 0.6 is 0 Å². The number of hydrogen-bond acceptors (Lipinski definition) is 6. The lowest BCUT2D eigenvalue weighted by atomic mass is 10.0. The molecule has 3 aromatic carbocycles. The Bertz CT molecular complexity index is 1450. The van der Waals surface area contributed by atoms with Gasteiger partial charge in [-0.25, -0.2) is 19.2 Å². The van der Waals surface area contributed by atoms with Crippen molar-refractivity contribution in [1.82, 2.24) is 25.6 Å². The van der Waals surface area contributed by atoms with Gasteiger partial charge in [0.15, 0.2) is 0 Å². The number of halogens is 2. The van der Waals surface area contributed by atoms with E-state index in [0.717, 1.165) is 48.3 Å². The minimum atomic E-state index is -0.588. The number of nitrogens with one attached hydrogen (secondary N) is 2. The fourth-order valence-corrected chi connectivity index (χ4v) is 5.45. The van der Waals surface area contributed by atoms with Gasteiger partial charge in [0.2, 0.25) is 0 Å². The van der Waals surface area contributed by atoms with Crippen molar-refractivity contribution in [1.29, 1.82) is 0 Å². The van der Waals surface area contributed by atoms with Crippen LogP contribution in [0.3, 0.4) is 0 Å². The first kappa shape index (κ1) is 26.4. The number of rotatable bonds is 7. The summed E-state index contributed by atoms with van der Waals surface area (Å²) in [5.74, 6) is -1.32. The zero-order valence-electron chi connectivity index (χ0n) is 22.1. The van der Waals surface area contributed by atoms with Crippen LogP contribution in [-0.4, -0.2) is 59.4 Å². The van der Waals surface area contributed by atoms with E-state index in [0.29, 0.717) is 37.2 Å². The first-order chi connectivity index (χ1) is 19.5. The number of ether oxygens (including phenoxy) is 1. The first-order valence-electron chi connectivity index (χ1n) is 13.7. The SMILES string of the molecule is O=C(c1ccccc1)N(NC1CCCCO1)C1CNCCN1n1ncc2cc(Cc3cc(F)cc(F)c3)ccc21. The van der Waals surface area contributed by atoms with Crippen molar-refractivity contribution >= 4 is 16.8 Å². The molecule has 4 aromatic rings. The van der Waals surface area contributed by atoms with Gasteiger partial charge in [0.1, 0.15) is 24.0 Å². The van der Waals surface area contributed by atoms with E-state index in [-0.39, 0.29) is 18.3 Å². The topological polar surface area (TPSA) is 74.7 Å². The van der Waals surface area contributed by atoms with Crippen LogP contribution in [0.2, 0.25) is 0 Å². The number of piperazine rings is 1. The van der Waals surface area contributed by atoms with Gasteiger partial charge in [-0.2, -0.15) is 9.89 Å². The van der Waals surface area contributed by atoms with E-state index in [9.17, 15) is 13.6 Å². The molecule has 2 aliphatic heterocycles. The second-order valence-electron chi connectivity index (χ2n) is 10.3. The normalized spacial score (nSPS) is 19.6. The number of nitrogens with zero attached hydrogens (tertiary/aromatic N) is 4. The molecule has 6 rings (SSSR count). The standard InChI is InChI=1S/C30H32F2N6O2/c31-25-16-22(17-26(32)18-25)14-21-9-10-27-24(15-21)19-34-38(27)36-12-11-33-20-29(36)37(35-28-8-4-5-13-40-28)30(39)23-6-2-1-3-7-23/h1-3,6-7,9-10,15-19,28-29,33,35H,4-5,8,11-14,20H2. The lowest BCUT2D eigenvalue weighted by molar-refractivity contribution is -0.0583. The van der Waals surface area contributed by atoms with E-state index in [2.05, 4.69) is 15.8 Å². The Morgan fingerprint density at radius 2 is 1.88 bits per heavy atom. The Morgan fingerprint density at radius 1 is 1.05 bits per heavy atom. The molecule has 0 bridgehead atoms. The van der Waals surface area contributed by atoms with Crippen molar-refractivity contribution in [2.45, 2.75) is 38.1 Å². The van der Waals surface area contributed by atoms with Crippen LogP contribution in [0.4, 0.5) is 8.78 Å². The van der Waals surface area contributed by atoms with E-state index < -0.39 is 11.6 Å². The lowest BCUT2D eigenvalue weighted by Crippen LogP contribution is -2.68. The smallest absolute Gasteiger partial charge is 0.270 e. The first-order valence-corrected chi connectivity index (χ1v) is 13.7. The van der Waals surface area contributed by atoms with Crippen LogP contribution in [0.1, 0.15) is 40.7 Å². The van der Waals surface area contributed by atoms with Gasteiger partial charge in [0.25, 0.3) is 5.91 Å². The van der Waals surface area contributed by atoms with Gasteiger partial charge < -0.3 is 10.1 Å². The van der Waals surface area contributed by atoms with Gasteiger partial charge in [-0.1, -0.05) is 24.3 Å². The molecule has 2 atom stereocenters. The van der Waals surface area contributed by atoms with E-state index in [1.54, 1.807) is 11.2 Å². The Morgan fingerprint density at radius 3 is 2.65 bits per heavy atom. The zero-order valence-corrected chi connectivity index (χ0v) is 22.1. The van der Waals surface area contributed by atoms with Crippen LogP contribution in [0.5, 0.6) is 0 Å². The summed E-state index contributed by atoms with van der Waals surface area (Å²) in [7, 11) is 0. The predicted molar refractivity (Wildman–Crippen MR) is 148 cm³/mol. The molecule has 0 saturated carbocycles. The van der Waals surface area contributed by atoms with Gasteiger partial charge in [-0.05, 0) is 73.2 Å². The number of hydrogen-bond donors (Lipinski definition) is 2. The summed E-state index contributed by atoms with van der Waals surface area (Å²) >= 11 is 0. The molecule has 2 aliphatic rings. The van der Waals surface area contributed by atoms with Crippen molar-refractivity contribution in [2.24, 2.45) is 0 Å². The quantitative estimate of drug-likeness (QED) is 0.342. The van der Waals surface area contributed by atoms with E-state index in [4.69, 9.17) is 9.84 Å². The molecular formula is C30H32F2N6O2. The highest BCUT2D eigenvalue weighted by molar-refractivity contribution is 5.94. The molecule has 40 heavy (non-hydrogen) atoms. The molecule has 8 nitrogen and oxygen atoms in total. The van der Waals surface area contributed by atoms with Gasteiger partial charge in [-0.3, -0.25) is 9.80 Å². The summed E-state index contributed by atoms with van der Waals surface area (Å²) in [5.41, 5.74) is 6.34. The second-order valence-corrected chi connectivity index (χ2v) is 10.3. The lowest BCUT2D eigenvalue weighted by Gasteiger charge is -2.44. The van der Waals surface area contributed by atoms with Crippen LogP contribution < -0.4 is 15.8 Å². The fraction of sp³-hybridized carbons (Fsp3) is 0.333. The maximum Gasteiger partial charge on any atom is 0.270 e. The highest BCUT2D eigenvalue weighted by Gasteiger charge is 2.35. The minimum Gasteiger partial charge on any atom is -0.362 e. The molecule has 2 unspecified atom stereocenters. The van der Waals surface area contributed by atoms with E-state index in [1.165, 1.54) is 12.1 Å². The van der Waals surface area contributed by atoms with Crippen molar-refractivity contribution in [2.75, 3.05) is 31.3 Å². The van der Waals surface area contributed by atoms with Crippen LogP contribution in [0, 0.1) is 11.6 Å². The summed E-state index contributed by atoms with van der Waals surface area (Å²) < 4.78 is 33.4. The molecule has 0 radical (unpaired) electrons. The number of aromatic nitrogens is 2. The molecule has 2 saturated heterocycles. The van der Waals surface area contributed by atoms with E-state index >= 15 is 0 Å². The number of fused-ring (bicyclic) bond motifs is 1. The molecule has 2 N–H and O–H groups in total. The summed E-state index contributed by atoms with van der Waals surface area (Å²) in [6, 6.07) is 18.7. The third kappa shape index (κ3) is 5.70. The third-order valence-corrected chi connectivity index (χ3v) is 7.38. The Hall–Kier alpha value is -3.86. The minimum absolute atomic E-state index is 0.144. The third-order valence-electron chi connectivity index (χ3n) is 7.38. The molecule has 0 aliphatic carbocycles. The van der Waals surface area contributed by atoms with Crippen molar-refractivity contribution in [3.63, 3.8) is 0 Å². The average Bonchev–Trinajstić information content (AvgIpc) is 3.39. The van der Waals surface area contributed by atoms with Gasteiger partial charge in [0, 0.05) is 36.7 Å². The largest absolute Gasteiger partial charge is 0.362 e. The van der Waals surface area contributed by atoms with Gasteiger partial charge in [-0.15, -0.1) is 0 Å². The average molecular weight is 547 g/mol. The van der Waals surface area contributed by atoms with Crippen LogP contribution in [-0.2, 0) is 11.2 Å². The number of carbonyl (C=O) groups is 1. The van der Waals surface area contributed by atoms with Crippen LogP contribution in [0.25, 0.3) is 10.9 Å². The summed E-state index contributed by atoms with van der Waals surface area (Å²) in [6.07, 6.45) is 4.41. The number of benzene rings is 3. The fourth-order valence-electron chi connectivity index (χ4n) is 5.45. The molecular weight excluding hydrogens is 514 g/mol. The van der Waals surface area contributed by atoms with Crippen molar-refractivity contribution in [3.8, 4) is 0 Å². The molecule has 3 heterocycles. The van der Waals surface area contributed by atoms with Crippen molar-refractivity contribution in [3.05, 3.63) is 101 Å². The Balaban J connectivity index is 1.30. The maximum atomic E-state index is 13.8. The Labute approximate surface area is 231 Å². The summed E-state index contributed by atoms with van der Waals surface area (Å²) in [6.45, 7) is 2.54. The van der Waals surface area contributed by atoms with E-state index in [1.807, 2.05) is 53.3 Å². The Kier molecular flexibility index (Phi) is 7.72. The number of carbonyl (C=O) groups excluding carboxylic acids is 1. The predicted octanol–water partition coefficient (Wildman–Crippen LogP) is 3.95. The number of hydrazine groups is 1. The summed E-state index contributed by atoms with van der Waals surface area (Å²) in [4.78, 5) is 15.7. The van der Waals surface area contributed by atoms with Gasteiger partial charge >= 0.3 is 0 Å². The van der Waals surface area contributed by atoms with Crippen molar-refractivity contribution < 1.29 is 18.3 Å². The molecule has 10 heteroatoms. The monoisotopic (exact) mass is 546 g/mol. The summed E-state index contributed by atoms with van der Waals surface area (Å²) in [5, 5.41) is 12.8. The molecule has 0 spiro atoms. The molecule has 1 aromatic heterocycles. The molecule has 208 valence electrons. The molecule has 1 amide bonds. The maximum absolute atomic E-state index is 13.8. The highest BCUT2D eigenvalue weighted by atomic mass is 19.1. The molecule has 2 fully saturated rings. The second kappa shape index (κ2) is 11.7. The highest BCUT2D eigenvalue weighted by Crippen LogP contribution is 2.22. The van der Waals surface area contributed by atoms with Crippen LogP contribution in [0.15, 0.2) is 72.9 Å². The van der Waals surface area contributed by atoms with Gasteiger partial charge in [0.05, 0.1) is 18.3 Å². The number of amides is 1. The zero-order chi connectivity index (χ0) is 27.5.